The molecule has 0 saturated heterocycles. The van der Waals surface area contributed by atoms with Crippen LogP contribution in [0.15, 0.2) is 6.07 Å². The third-order valence-corrected chi connectivity index (χ3v) is 3.28. The van der Waals surface area contributed by atoms with Gasteiger partial charge in [0.25, 0.3) is 0 Å². The monoisotopic (exact) mass is 282 g/mol. The number of thiocarbonyl (C=S) groups is 1. The van der Waals surface area contributed by atoms with Gasteiger partial charge in [-0.05, 0) is 18.4 Å². The van der Waals surface area contributed by atoms with Crippen molar-refractivity contribution in [2.75, 3.05) is 13.1 Å². The smallest absolute Gasteiger partial charge is 0.0740 e. The number of nitrogens with zero attached hydrogens (tertiary/aromatic N) is 3. The van der Waals surface area contributed by atoms with Crippen molar-refractivity contribution in [2.45, 2.75) is 40.2 Å². The van der Waals surface area contributed by atoms with Crippen molar-refractivity contribution in [3.05, 3.63) is 17.5 Å². The Morgan fingerprint density at radius 3 is 2.68 bits per heavy atom. The average molecular weight is 282 g/mol. The van der Waals surface area contributed by atoms with Crippen molar-refractivity contribution in [1.29, 1.82) is 0 Å². The van der Waals surface area contributed by atoms with Gasteiger partial charge in [-0.3, -0.25) is 9.58 Å². The molecule has 0 bridgehead atoms. The molecule has 5 heteroatoms. The summed E-state index contributed by atoms with van der Waals surface area (Å²) in [6.45, 7) is 9.47. The molecule has 0 atom stereocenters. The van der Waals surface area contributed by atoms with Crippen LogP contribution in [0.5, 0.6) is 0 Å². The van der Waals surface area contributed by atoms with Gasteiger partial charge >= 0.3 is 0 Å². The van der Waals surface area contributed by atoms with Crippen molar-refractivity contribution in [3.63, 3.8) is 0 Å². The summed E-state index contributed by atoms with van der Waals surface area (Å²) >= 11 is 4.97. The molecule has 0 fully saturated rings. The predicted molar refractivity (Wildman–Crippen MR) is 84.1 cm³/mol. The Labute approximate surface area is 122 Å². The largest absolute Gasteiger partial charge is 0.393 e. The number of hydrogen-bond acceptors (Lipinski definition) is 3. The van der Waals surface area contributed by atoms with Gasteiger partial charge in [0, 0.05) is 33.1 Å². The van der Waals surface area contributed by atoms with E-state index in [0.29, 0.717) is 10.9 Å². The summed E-state index contributed by atoms with van der Waals surface area (Å²) in [7, 11) is 2.01. The van der Waals surface area contributed by atoms with E-state index in [2.05, 4.69) is 36.8 Å². The van der Waals surface area contributed by atoms with E-state index >= 15 is 0 Å². The highest BCUT2D eigenvalue weighted by Gasteiger charge is 2.12. The molecule has 0 radical (unpaired) electrons. The summed E-state index contributed by atoms with van der Waals surface area (Å²) in [5.41, 5.74) is 8.01. The van der Waals surface area contributed by atoms with E-state index in [0.717, 1.165) is 38.2 Å². The lowest BCUT2D eigenvalue weighted by Crippen LogP contribution is -2.31. The normalized spacial score (nSPS) is 11.5. The second-order valence-corrected chi connectivity index (χ2v) is 5.97. The van der Waals surface area contributed by atoms with E-state index in [9.17, 15) is 0 Å². The minimum atomic E-state index is 0.591. The predicted octanol–water partition coefficient (Wildman–Crippen LogP) is 2.12. The van der Waals surface area contributed by atoms with E-state index in [1.807, 2.05) is 11.7 Å². The van der Waals surface area contributed by atoms with Crippen LogP contribution in [0.4, 0.5) is 0 Å². The number of nitrogens with two attached hydrogens (primary N) is 1. The number of hydrogen-bond donors (Lipinski definition) is 1. The maximum absolute atomic E-state index is 5.61. The van der Waals surface area contributed by atoms with Crippen molar-refractivity contribution in [3.8, 4) is 0 Å². The summed E-state index contributed by atoms with van der Waals surface area (Å²) in [5, 5.41) is 4.50. The summed E-state index contributed by atoms with van der Waals surface area (Å²) in [5.74, 6) is 0.630. The maximum Gasteiger partial charge on any atom is 0.0740 e. The van der Waals surface area contributed by atoms with E-state index in [1.54, 1.807) is 0 Å². The first-order chi connectivity index (χ1) is 8.92. The van der Waals surface area contributed by atoms with Crippen LogP contribution in [-0.2, 0) is 20.0 Å². The molecule has 19 heavy (non-hydrogen) atoms. The van der Waals surface area contributed by atoms with Crippen LogP contribution in [0.25, 0.3) is 0 Å². The quantitative estimate of drug-likeness (QED) is 0.742. The van der Waals surface area contributed by atoms with Gasteiger partial charge in [-0.1, -0.05) is 33.0 Å². The van der Waals surface area contributed by atoms with Gasteiger partial charge < -0.3 is 5.73 Å². The van der Waals surface area contributed by atoms with Gasteiger partial charge in [-0.2, -0.15) is 5.10 Å². The Bertz CT molecular complexity index is 412. The molecule has 1 aromatic rings. The first-order valence-electron chi connectivity index (χ1n) is 6.94. The highest BCUT2D eigenvalue weighted by atomic mass is 32.1. The van der Waals surface area contributed by atoms with Crippen molar-refractivity contribution < 1.29 is 0 Å². The van der Waals surface area contributed by atoms with Gasteiger partial charge in [0.15, 0.2) is 0 Å². The fraction of sp³-hybridized carbons (Fsp3) is 0.714. The third kappa shape index (κ3) is 5.70. The van der Waals surface area contributed by atoms with Crippen LogP contribution < -0.4 is 5.73 Å². The minimum Gasteiger partial charge on any atom is -0.393 e. The van der Waals surface area contributed by atoms with Crippen molar-refractivity contribution in [1.82, 2.24) is 14.7 Å². The standard InChI is InChI=1S/C14H26N4S/c1-5-12-8-13(17(4)16-12)10-18(9-11(2)3)7-6-14(15)19/h8,11H,5-7,9-10H2,1-4H3,(H2,15,19). The Morgan fingerprint density at radius 2 is 2.21 bits per heavy atom. The van der Waals surface area contributed by atoms with Crippen LogP contribution in [-0.4, -0.2) is 32.8 Å². The van der Waals surface area contributed by atoms with Crippen molar-refractivity contribution in [2.24, 2.45) is 18.7 Å². The van der Waals surface area contributed by atoms with Gasteiger partial charge in [-0.15, -0.1) is 0 Å². The fourth-order valence-electron chi connectivity index (χ4n) is 2.14. The highest BCUT2D eigenvalue weighted by molar-refractivity contribution is 7.80. The van der Waals surface area contributed by atoms with Crippen molar-refractivity contribution >= 4 is 17.2 Å². The zero-order valence-electron chi connectivity index (χ0n) is 12.5. The van der Waals surface area contributed by atoms with Crippen LogP contribution in [0.3, 0.4) is 0 Å². The molecule has 0 aromatic carbocycles. The molecule has 0 aliphatic heterocycles. The number of rotatable bonds is 8. The van der Waals surface area contributed by atoms with Crippen LogP contribution in [0, 0.1) is 5.92 Å². The van der Waals surface area contributed by atoms with Crippen LogP contribution >= 0.6 is 12.2 Å². The molecule has 0 unspecified atom stereocenters. The van der Waals surface area contributed by atoms with Crippen LogP contribution in [0.1, 0.15) is 38.6 Å². The molecule has 4 nitrogen and oxygen atoms in total. The second kappa shape index (κ2) is 7.60. The summed E-state index contributed by atoms with van der Waals surface area (Å²) < 4.78 is 1.98. The Balaban J connectivity index is 2.68. The lowest BCUT2D eigenvalue weighted by Gasteiger charge is -2.24. The Kier molecular flexibility index (Phi) is 6.45. The maximum atomic E-state index is 5.61. The molecule has 1 heterocycles. The van der Waals surface area contributed by atoms with Gasteiger partial charge in [0.2, 0.25) is 0 Å². The third-order valence-electron chi connectivity index (χ3n) is 3.07. The van der Waals surface area contributed by atoms with E-state index in [1.165, 1.54) is 5.69 Å². The van der Waals surface area contributed by atoms with E-state index < -0.39 is 0 Å². The molecule has 0 saturated carbocycles. The number of aryl methyl sites for hydroxylation is 2. The minimum absolute atomic E-state index is 0.591. The second-order valence-electron chi connectivity index (χ2n) is 5.45. The first-order valence-corrected chi connectivity index (χ1v) is 7.35. The first kappa shape index (κ1) is 16.1. The molecular formula is C14H26N4S. The van der Waals surface area contributed by atoms with Gasteiger partial charge in [-0.25, -0.2) is 0 Å². The SMILES string of the molecule is CCc1cc(CN(CCC(N)=S)CC(C)C)n(C)n1. The molecule has 2 N–H and O–H groups in total. The lowest BCUT2D eigenvalue weighted by molar-refractivity contribution is 0.237. The van der Waals surface area contributed by atoms with Gasteiger partial charge in [0.1, 0.15) is 0 Å². The van der Waals surface area contributed by atoms with Gasteiger partial charge in [0.05, 0.1) is 16.4 Å². The molecular weight excluding hydrogens is 256 g/mol. The molecule has 0 aliphatic carbocycles. The fourth-order valence-corrected chi connectivity index (χ4v) is 2.23. The zero-order chi connectivity index (χ0) is 14.4. The summed E-state index contributed by atoms with van der Waals surface area (Å²) in [4.78, 5) is 2.99. The average Bonchev–Trinajstić information content (AvgIpc) is 2.66. The number of aromatic nitrogens is 2. The summed E-state index contributed by atoms with van der Waals surface area (Å²) in [6, 6.07) is 2.19. The van der Waals surface area contributed by atoms with Crippen LogP contribution in [0.2, 0.25) is 0 Å². The molecule has 1 rings (SSSR count). The topological polar surface area (TPSA) is 47.1 Å². The summed E-state index contributed by atoms with van der Waals surface area (Å²) in [6.07, 6.45) is 1.76. The Hall–Kier alpha value is -0.940. The van der Waals surface area contributed by atoms with E-state index in [4.69, 9.17) is 18.0 Å². The molecule has 108 valence electrons. The molecule has 0 amide bonds. The lowest BCUT2D eigenvalue weighted by atomic mass is 10.2. The molecule has 0 spiro atoms. The van der Waals surface area contributed by atoms with E-state index in [-0.39, 0.29) is 0 Å². The molecule has 0 aliphatic rings. The zero-order valence-corrected chi connectivity index (χ0v) is 13.3. The molecule has 1 aromatic heterocycles. The Morgan fingerprint density at radius 1 is 1.53 bits per heavy atom. The highest BCUT2D eigenvalue weighted by Crippen LogP contribution is 2.10.